The van der Waals surface area contributed by atoms with E-state index in [1.807, 2.05) is 25.1 Å². The number of aliphatic hydroxyl groups is 1. The van der Waals surface area contributed by atoms with Crippen LogP contribution in [0.3, 0.4) is 0 Å². The summed E-state index contributed by atoms with van der Waals surface area (Å²) in [5, 5.41) is 12.8. The number of hydrogen-bond acceptors (Lipinski definition) is 5. The Morgan fingerprint density at radius 1 is 1.21 bits per heavy atom. The number of carbonyl (C=O) groups is 2. The maximum atomic E-state index is 13.5. The molecule has 1 aliphatic carbocycles. The Morgan fingerprint density at radius 3 is 2.62 bits per heavy atom. The Balaban J connectivity index is 1.64. The molecule has 0 unspecified atom stereocenters. The van der Waals surface area contributed by atoms with E-state index in [1.54, 1.807) is 23.1 Å². The van der Waals surface area contributed by atoms with Gasteiger partial charge in [-0.2, -0.15) is 0 Å². The van der Waals surface area contributed by atoms with Gasteiger partial charge in [0.05, 0.1) is 23.9 Å². The first-order valence-electron chi connectivity index (χ1n) is 12.1. The fourth-order valence-corrected chi connectivity index (χ4v) is 4.41. The second-order valence-electron chi connectivity index (χ2n) is 9.75. The fraction of sp³-hybridized carbons (Fsp3) is 0.481. The number of anilines is 1. The average Bonchev–Trinajstić information content (AvgIpc) is 3.67. The molecule has 2 amide bonds. The molecule has 2 aromatic carbocycles. The van der Waals surface area contributed by atoms with Crippen molar-refractivity contribution in [3.63, 3.8) is 0 Å². The van der Waals surface area contributed by atoms with Gasteiger partial charge in [0.15, 0.2) is 5.75 Å². The second kappa shape index (κ2) is 10.6. The summed E-state index contributed by atoms with van der Waals surface area (Å²) in [7, 11) is 2.06. The molecule has 1 fully saturated rings. The molecule has 7 nitrogen and oxygen atoms in total. The van der Waals surface area contributed by atoms with Crippen molar-refractivity contribution in [3.05, 3.63) is 59.7 Å². The first kappa shape index (κ1) is 24.2. The molecule has 0 saturated heterocycles. The van der Waals surface area contributed by atoms with Crippen LogP contribution in [-0.4, -0.2) is 65.6 Å². The van der Waals surface area contributed by atoms with E-state index >= 15 is 0 Å². The van der Waals surface area contributed by atoms with E-state index in [-0.39, 0.29) is 42.4 Å². The van der Waals surface area contributed by atoms with Gasteiger partial charge in [0.1, 0.15) is 6.10 Å². The molecule has 3 atom stereocenters. The largest absolute Gasteiger partial charge is 0.486 e. The zero-order valence-electron chi connectivity index (χ0n) is 20.2. The van der Waals surface area contributed by atoms with E-state index in [1.165, 1.54) is 5.56 Å². The first-order valence-corrected chi connectivity index (χ1v) is 12.1. The summed E-state index contributed by atoms with van der Waals surface area (Å²) in [6.07, 6.45) is 1.58. The number of nitrogens with one attached hydrogen (secondary N) is 1. The van der Waals surface area contributed by atoms with E-state index < -0.39 is 0 Å². The summed E-state index contributed by atoms with van der Waals surface area (Å²) in [6, 6.07) is 15.2. The van der Waals surface area contributed by atoms with Gasteiger partial charge in [0, 0.05) is 31.5 Å². The summed E-state index contributed by atoms with van der Waals surface area (Å²) in [5.74, 6) is 0.246. The van der Waals surface area contributed by atoms with Gasteiger partial charge in [-0.05, 0) is 44.5 Å². The van der Waals surface area contributed by atoms with Crippen LogP contribution in [0.4, 0.5) is 5.69 Å². The van der Waals surface area contributed by atoms with E-state index in [4.69, 9.17) is 4.74 Å². The highest BCUT2D eigenvalue weighted by Crippen LogP contribution is 2.37. The van der Waals surface area contributed by atoms with Gasteiger partial charge in [-0.3, -0.25) is 14.5 Å². The first-order chi connectivity index (χ1) is 16.4. The SMILES string of the molecule is C[C@H]1CN([C@@H](C)CO)C(=O)c2cccc(NC(=O)C3CC3)c2O[C@@H]1CN(C)Cc1ccccc1. The maximum Gasteiger partial charge on any atom is 0.258 e. The Hall–Kier alpha value is -2.90. The van der Waals surface area contributed by atoms with E-state index in [0.717, 1.165) is 19.4 Å². The van der Waals surface area contributed by atoms with Crippen LogP contribution in [0.1, 0.15) is 42.6 Å². The number of amides is 2. The molecule has 0 spiro atoms. The van der Waals surface area contributed by atoms with Gasteiger partial charge in [-0.15, -0.1) is 0 Å². The molecule has 7 heteroatoms. The summed E-state index contributed by atoms with van der Waals surface area (Å²) in [6.45, 7) is 5.70. The third-order valence-corrected chi connectivity index (χ3v) is 6.68. The van der Waals surface area contributed by atoms with Crippen LogP contribution in [-0.2, 0) is 11.3 Å². The van der Waals surface area contributed by atoms with Crippen LogP contribution in [0.5, 0.6) is 5.75 Å². The summed E-state index contributed by atoms with van der Waals surface area (Å²) in [5.41, 5.74) is 2.16. The zero-order valence-corrected chi connectivity index (χ0v) is 20.2. The smallest absolute Gasteiger partial charge is 0.258 e. The lowest BCUT2D eigenvalue weighted by atomic mass is 9.98. The molecule has 2 aromatic rings. The molecule has 1 heterocycles. The van der Waals surface area contributed by atoms with Crippen molar-refractivity contribution in [1.82, 2.24) is 9.80 Å². The highest BCUT2D eigenvalue weighted by atomic mass is 16.5. The third kappa shape index (κ3) is 5.59. The number of rotatable bonds is 8. The molecule has 2 aliphatic rings. The molecule has 1 saturated carbocycles. The van der Waals surface area contributed by atoms with E-state index in [9.17, 15) is 14.7 Å². The number of likely N-dealkylation sites (N-methyl/N-ethyl adjacent to an activating group) is 1. The molecule has 0 aromatic heterocycles. The standard InChI is InChI=1S/C27H35N3O4/c1-18-14-30(19(2)17-31)27(33)22-10-7-11-23(28-26(32)21-12-13-21)25(22)34-24(18)16-29(3)15-20-8-5-4-6-9-20/h4-11,18-19,21,24,31H,12-17H2,1-3H3,(H,28,32)/t18-,19-,24+/m0/s1. The lowest BCUT2D eigenvalue weighted by Crippen LogP contribution is -2.49. The third-order valence-electron chi connectivity index (χ3n) is 6.68. The fourth-order valence-electron chi connectivity index (χ4n) is 4.41. The monoisotopic (exact) mass is 465 g/mol. The van der Waals surface area contributed by atoms with Crippen molar-refractivity contribution in [1.29, 1.82) is 0 Å². The average molecular weight is 466 g/mol. The lowest BCUT2D eigenvalue weighted by Gasteiger charge is -2.38. The highest BCUT2D eigenvalue weighted by molar-refractivity contribution is 6.02. The quantitative estimate of drug-likeness (QED) is 0.625. The summed E-state index contributed by atoms with van der Waals surface area (Å²) < 4.78 is 6.56. The summed E-state index contributed by atoms with van der Waals surface area (Å²) in [4.78, 5) is 30.0. The number of benzene rings is 2. The minimum absolute atomic E-state index is 0.0107. The normalized spacial score (nSPS) is 21.3. The molecular formula is C27H35N3O4. The van der Waals surface area contributed by atoms with Crippen LogP contribution in [0.2, 0.25) is 0 Å². The van der Waals surface area contributed by atoms with Crippen molar-refractivity contribution < 1.29 is 19.4 Å². The van der Waals surface area contributed by atoms with E-state index in [0.29, 0.717) is 30.1 Å². The number of fused-ring (bicyclic) bond motifs is 1. The second-order valence-corrected chi connectivity index (χ2v) is 9.75. The van der Waals surface area contributed by atoms with Gasteiger partial charge in [0.2, 0.25) is 5.91 Å². The van der Waals surface area contributed by atoms with E-state index in [2.05, 4.69) is 36.3 Å². The van der Waals surface area contributed by atoms with Gasteiger partial charge in [-0.25, -0.2) is 0 Å². The Kier molecular flexibility index (Phi) is 7.54. The van der Waals surface area contributed by atoms with Gasteiger partial charge >= 0.3 is 0 Å². The van der Waals surface area contributed by atoms with Crippen molar-refractivity contribution in [2.75, 3.05) is 32.1 Å². The van der Waals surface area contributed by atoms with Crippen LogP contribution in [0.25, 0.3) is 0 Å². The van der Waals surface area contributed by atoms with Crippen molar-refractivity contribution in [2.24, 2.45) is 11.8 Å². The molecule has 34 heavy (non-hydrogen) atoms. The van der Waals surface area contributed by atoms with Crippen LogP contribution in [0.15, 0.2) is 48.5 Å². The Morgan fingerprint density at radius 2 is 1.94 bits per heavy atom. The highest BCUT2D eigenvalue weighted by Gasteiger charge is 2.35. The van der Waals surface area contributed by atoms with Crippen molar-refractivity contribution in [3.8, 4) is 5.75 Å². The minimum atomic E-state index is -0.326. The molecule has 0 bridgehead atoms. The molecule has 4 rings (SSSR count). The van der Waals surface area contributed by atoms with Gasteiger partial charge in [0.25, 0.3) is 5.91 Å². The predicted molar refractivity (Wildman–Crippen MR) is 132 cm³/mol. The Bertz CT molecular complexity index is 1010. The summed E-state index contributed by atoms with van der Waals surface area (Å²) >= 11 is 0. The van der Waals surface area contributed by atoms with Crippen LogP contribution in [0, 0.1) is 11.8 Å². The van der Waals surface area contributed by atoms with Crippen molar-refractivity contribution >= 4 is 17.5 Å². The Labute approximate surface area is 201 Å². The molecule has 2 N–H and O–H groups in total. The number of para-hydroxylation sites is 1. The number of hydrogen-bond donors (Lipinski definition) is 2. The topological polar surface area (TPSA) is 82.1 Å². The molecule has 1 aliphatic heterocycles. The molecular weight excluding hydrogens is 430 g/mol. The number of nitrogens with zero attached hydrogens (tertiary/aromatic N) is 2. The number of carbonyl (C=O) groups excluding carboxylic acids is 2. The molecule has 0 radical (unpaired) electrons. The zero-order chi connectivity index (χ0) is 24.2. The molecule has 182 valence electrons. The number of ether oxygens (including phenoxy) is 1. The lowest BCUT2D eigenvalue weighted by molar-refractivity contribution is -0.117. The minimum Gasteiger partial charge on any atom is -0.486 e. The van der Waals surface area contributed by atoms with Gasteiger partial charge < -0.3 is 20.1 Å². The van der Waals surface area contributed by atoms with Crippen LogP contribution >= 0.6 is 0 Å². The maximum absolute atomic E-state index is 13.5. The number of aliphatic hydroxyl groups excluding tert-OH is 1. The van der Waals surface area contributed by atoms with Crippen molar-refractivity contribution in [2.45, 2.75) is 45.4 Å². The van der Waals surface area contributed by atoms with Crippen LogP contribution < -0.4 is 10.1 Å². The predicted octanol–water partition coefficient (Wildman–Crippen LogP) is 3.39. The van der Waals surface area contributed by atoms with Gasteiger partial charge in [-0.1, -0.05) is 43.3 Å².